The average molecular weight is 485 g/mol. The second-order valence-electron chi connectivity index (χ2n) is 5.85. The van der Waals surface area contributed by atoms with Crippen LogP contribution in [0.3, 0.4) is 0 Å². The molecule has 2 heterocycles. The van der Waals surface area contributed by atoms with Crippen molar-refractivity contribution >= 4 is 52.9 Å². The van der Waals surface area contributed by atoms with Crippen molar-refractivity contribution in [2.24, 2.45) is 4.99 Å². The number of carbonyl (C=O) groups excluding carboxylic acids is 1. The van der Waals surface area contributed by atoms with Gasteiger partial charge in [-0.3, -0.25) is 9.79 Å². The van der Waals surface area contributed by atoms with Crippen molar-refractivity contribution in [3.05, 3.63) is 52.2 Å². The zero-order valence-electron chi connectivity index (χ0n) is 14.7. The summed E-state index contributed by atoms with van der Waals surface area (Å²) in [6.45, 7) is 3.44. The molecule has 140 valence electrons. The van der Waals surface area contributed by atoms with Crippen molar-refractivity contribution in [3.63, 3.8) is 0 Å². The van der Waals surface area contributed by atoms with E-state index in [1.165, 1.54) is 11.1 Å². The van der Waals surface area contributed by atoms with Gasteiger partial charge in [-0.25, -0.2) is 0 Å². The lowest BCUT2D eigenvalue weighted by atomic mass is 10.2. The van der Waals surface area contributed by atoms with Crippen LogP contribution in [0.5, 0.6) is 0 Å². The minimum absolute atomic E-state index is 0. The zero-order chi connectivity index (χ0) is 17.5. The number of carbonyl (C=O) groups is 1. The van der Waals surface area contributed by atoms with E-state index in [1.54, 1.807) is 18.4 Å². The predicted octanol–water partition coefficient (Wildman–Crippen LogP) is 2.17. The maximum absolute atomic E-state index is 11.5. The molecular weight excluding hydrogens is 461 g/mol. The maximum atomic E-state index is 11.5. The summed E-state index contributed by atoms with van der Waals surface area (Å²) in [5, 5.41) is 13.7. The molecule has 0 aliphatic carbocycles. The van der Waals surface area contributed by atoms with Gasteiger partial charge in [0, 0.05) is 38.9 Å². The van der Waals surface area contributed by atoms with E-state index in [0.29, 0.717) is 19.6 Å². The molecule has 1 aliphatic rings. The first kappa shape index (κ1) is 20.5. The van der Waals surface area contributed by atoms with Gasteiger partial charge in [-0.2, -0.15) is 11.3 Å². The zero-order valence-corrected chi connectivity index (χ0v) is 17.8. The van der Waals surface area contributed by atoms with E-state index in [2.05, 4.69) is 66.9 Å². The van der Waals surface area contributed by atoms with Crippen molar-refractivity contribution in [2.75, 3.05) is 31.6 Å². The molecule has 0 saturated carbocycles. The molecule has 1 aromatic heterocycles. The number of hydrogen-bond donors (Lipinski definition) is 3. The van der Waals surface area contributed by atoms with Gasteiger partial charge >= 0.3 is 0 Å². The van der Waals surface area contributed by atoms with E-state index in [0.717, 1.165) is 24.7 Å². The van der Waals surface area contributed by atoms with Crippen LogP contribution in [0, 0.1) is 0 Å². The minimum Gasteiger partial charge on any atom is -0.360 e. The number of nitrogens with one attached hydrogen (secondary N) is 3. The molecule has 0 radical (unpaired) electrons. The fourth-order valence-corrected chi connectivity index (χ4v) is 3.34. The fourth-order valence-electron chi connectivity index (χ4n) is 2.67. The first-order valence-corrected chi connectivity index (χ1v) is 9.25. The maximum Gasteiger partial charge on any atom is 0.239 e. The van der Waals surface area contributed by atoms with Crippen molar-refractivity contribution < 1.29 is 4.79 Å². The number of halogens is 1. The Balaban J connectivity index is 0.00000243. The number of amides is 1. The molecule has 26 heavy (non-hydrogen) atoms. The Bertz CT molecular complexity index is 718. The fraction of sp³-hybridized carbons (Fsp3) is 0.333. The van der Waals surface area contributed by atoms with Crippen LogP contribution in [0.25, 0.3) is 0 Å². The van der Waals surface area contributed by atoms with Crippen molar-refractivity contribution in [1.82, 2.24) is 16.0 Å². The number of anilines is 1. The number of nitrogens with zero attached hydrogens (tertiary/aromatic N) is 2. The highest BCUT2D eigenvalue weighted by Crippen LogP contribution is 2.16. The molecule has 1 aliphatic heterocycles. The molecule has 0 atom stereocenters. The topological polar surface area (TPSA) is 68.8 Å². The van der Waals surface area contributed by atoms with Crippen LogP contribution >= 0.6 is 35.3 Å². The van der Waals surface area contributed by atoms with Crippen LogP contribution in [0.2, 0.25) is 0 Å². The lowest BCUT2D eigenvalue weighted by molar-refractivity contribution is -0.120. The van der Waals surface area contributed by atoms with Gasteiger partial charge in [-0.1, -0.05) is 12.1 Å². The van der Waals surface area contributed by atoms with Gasteiger partial charge in [0.1, 0.15) is 0 Å². The predicted molar refractivity (Wildman–Crippen MR) is 118 cm³/mol. The first-order chi connectivity index (χ1) is 12.2. The molecule has 1 aromatic carbocycles. The number of piperazine rings is 1. The monoisotopic (exact) mass is 485 g/mol. The molecule has 8 heteroatoms. The van der Waals surface area contributed by atoms with Gasteiger partial charge in [-0.15, -0.1) is 24.0 Å². The van der Waals surface area contributed by atoms with Crippen molar-refractivity contribution in [3.8, 4) is 0 Å². The molecule has 1 amide bonds. The van der Waals surface area contributed by atoms with Crippen LogP contribution in [0.15, 0.2) is 46.1 Å². The SMILES string of the molecule is CN=C(NCc1ccc(N2CCNC(=O)C2)cc1)NCc1ccsc1.I. The van der Waals surface area contributed by atoms with Crippen molar-refractivity contribution in [1.29, 1.82) is 0 Å². The molecule has 3 N–H and O–H groups in total. The van der Waals surface area contributed by atoms with Crippen LogP contribution in [-0.2, 0) is 17.9 Å². The number of benzene rings is 1. The molecule has 6 nitrogen and oxygen atoms in total. The smallest absolute Gasteiger partial charge is 0.239 e. The second kappa shape index (κ2) is 10.4. The Labute approximate surface area is 175 Å². The Hall–Kier alpha value is -1.81. The third-order valence-corrected chi connectivity index (χ3v) is 4.80. The number of aliphatic imine (C=N–C) groups is 1. The van der Waals surface area contributed by atoms with Gasteiger partial charge in [-0.05, 0) is 40.1 Å². The lowest BCUT2D eigenvalue weighted by Gasteiger charge is -2.28. The van der Waals surface area contributed by atoms with Crippen LogP contribution in [0.4, 0.5) is 5.69 Å². The van der Waals surface area contributed by atoms with Gasteiger partial charge in [0.2, 0.25) is 5.91 Å². The highest BCUT2D eigenvalue weighted by Gasteiger charge is 2.16. The normalized spacial score (nSPS) is 14.4. The summed E-state index contributed by atoms with van der Waals surface area (Å²) in [4.78, 5) is 17.8. The Morgan fingerprint density at radius 3 is 2.54 bits per heavy atom. The van der Waals surface area contributed by atoms with Gasteiger partial charge in [0.15, 0.2) is 5.96 Å². The second-order valence-corrected chi connectivity index (χ2v) is 6.63. The van der Waals surface area contributed by atoms with Gasteiger partial charge < -0.3 is 20.9 Å². The molecule has 0 spiro atoms. The van der Waals surface area contributed by atoms with E-state index < -0.39 is 0 Å². The Kier molecular flexibility index (Phi) is 8.17. The first-order valence-electron chi connectivity index (χ1n) is 8.31. The Morgan fingerprint density at radius 2 is 1.92 bits per heavy atom. The third-order valence-electron chi connectivity index (χ3n) is 4.06. The van der Waals surface area contributed by atoms with Gasteiger partial charge in [0.05, 0.1) is 6.54 Å². The van der Waals surface area contributed by atoms with E-state index in [1.807, 2.05) is 0 Å². The molecular formula is C18H24IN5OS. The molecule has 3 rings (SSSR count). The standard InChI is InChI=1S/C18H23N5OS.HI/c1-19-18(22-11-15-6-9-25-13-15)21-10-14-2-4-16(5-3-14)23-8-7-20-17(24)12-23;/h2-6,9,13H,7-8,10-12H2,1H3,(H,20,24)(H2,19,21,22);1H. The number of rotatable bonds is 5. The molecule has 1 saturated heterocycles. The number of hydrogen-bond acceptors (Lipinski definition) is 4. The molecule has 1 fully saturated rings. The molecule has 0 bridgehead atoms. The largest absolute Gasteiger partial charge is 0.360 e. The lowest BCUT2D eigenvalue weighted by Crippen LogP contribution is -2.47. The number of guanidine groups is 1. The summed E-state index contributed by atoms with van der Waals surface area (Å²) in [6.07, 6.45) is 0. The van der Waals surface area contributed by atoms with Crippen LogP contribution in [-0.4, -0.2) is 38.5 Å². The summed E-state index contributed by atoms with van der Waals surface area (Å²) in [5.74, 6) is 0.862. The molecule has 0 unspecified atom stereocenters. The highest BCUT2D eigenvalue weighted by molar-refractivity contribution is 14.0. The summed E-state index contributed by atoms with van der Waals surface area (Å²) < 4.78 is 0. The van der Waals surface area contributed by atoms with E-state index >= 15 is 0 Å². The summed E-state index contributed by atoms with van der Waals surface area (Å²) in [7, 11) is 1.77. The van der Waals surface area contributed by atoms with E-state index in [4.69, 9.17) is 0 Å². The van der Waals surface area contributed by atoms with Crippen LogP contribution in [0.1, 0.15) is 11.1 Å². The van der Waals surface area contributed by atoms with E-state index in [9.17, 15) is 4.79 Å². The van der Waals surface area contributed by atoms with E-state index in [-0.39, 0.29) is 29.9 Å². The summed E-state index contributed by atoms with van der Waals surface area (Å²) >= 11 is 1.69. The number of thiophene rings is 1. The quantitative estimate of drug-likeness (QED) is 0.345. The van der Waals surface area contributed by atoms with Crippen LogP contribution < -0.4 is 20.9 Å². The third kappa shape index (κ3) is 5.87. The summed E-state index contributed by atoms with van der Waals surface area (Å²) in [5.41, 5.74) is 3.50. The minimum atomic E-state index is 0. The highest BCUT2D eigenvalue weighted by atomic mass is 127. The summed E-state index contributed by atoms with van der Waals surface area (Å²) in [6, 6.07) is 10.4. The van der Waals surface area contributed by atoms with Gasteiger partial charge in [0.25, 0.3) is 0 Å². The Morgan fingerprint density at radius 1 is 1.19 bits per heavy atom. The van der Waals surface area contributed by atoms with Crippen molar-refractivity contribution in [2.45, 2.75) is 13.1 Å². The molecule has 2 aromatic rings. The average Bonchev–Trinajstić information content (AvgIpc) is 3.16.